The van der Waals surface area contributed by atoms with Crippen LogP contribution in [-0.2, 0) is 4.79 Å². The van der Waals surface area contributed by atoms with Gasteiger partial charge < -0.3 is 10.4 Å². The largest absolute Gasteiger partial charge is 0.480 e. The predicted octanol–water partition coefficient (Wildman–Crippen LogP) is 2.79. The Hall–Kier alpha value is -2.18. The summed E-state index contributed by atoms with van der Waals surface area (Å²) in [4.78, 5) is 21.4. The lowest BCUT2D eigenvalue weighted by molar-refractivity contribution is -0.384. The van der Waals surface area contributed by atoms with E-state index in [-0.39, 0.29) is 18.5 Å². The first kappa shape index (κ1) is 14.9. The van der Waals surface area contributed by atoms with Crippen LogP contribution >= 0.6 is 0 Å². The highest BCUT2D eigenvalue weighted by Crippen LogP contribution is 2.30. The van der Waals surface area contributed by atoms with Gasteiger partial charge in [-0.15, -0.1) is 0 Å². The van der Waals surface area contributed by atoms with Gasteiger partial charge in [-0.25, -0.2) is 9.18 Å². The van der Waals surface area contributed by atoms with Gasteiger partial charge in [0.1, 0.15) is 17.0 Å². The third-order valence-electron chi connectivity index (χ3n) is 3.15. The molecule has 0 aromatic heterocycles. The zero-order chi connectivity index (χ0) is 14.6. The average molecular weight is 270 g/mol. The van der Waals surface area contributed by atoms with E-state index in [0.29, 0.717) is 0 Å². The van der Waals surface area contributed by atoms with E-state index in [1.165, 1.54) is 6.07 Å². The van der Waals surface area contributed by atoms with Gasteiger partial charge in [-0.05, 0) is 25.0 Å². The molecule has 1 aromatic rings. The monoisotopic (exact) mass is 270 g/mol. The maximum Gasteiger partial charge on any atom is 0.329 e. The lowest BCUT2D eigenvalue weighted by atomic mass is 9.92. The molecule has 0 spiro atoms. The Kier molecular flexibility index (Phi) is 4.42. The number of carboxylic acid groups (broad SMARTS) is 1. The number of hydrogen-bond acceptors (Lipinski definition) is 4. The number of carbonyl (C=O) groups is 1. The number of anilines is 1. The number of nitrogens with one attached hydrogen (secondary N) is 1. The summed E-state index contributed by atoms with van der Waals surface area (Å²) >= 11 is 0. The molecule has 0 aliphatic rings. The lowest BCUT2D eigenvalue weighted by Gasteiger charge is -2.29. The molecule has 1 rings (SSSR count). The van der Waals surface area contributed by atoms with Crippen molar-refractivity contribution in [2.75, 3.05) is 5.32 Å². The number of aliphatic carboxylic acids is 1. The predicted molar refractivity (Wildman–Crippen MR) is 67.6 cm³/mol. The Morgan fingerprint density at radius 1 is 1.47 bits per heavy atom. The molecular formula is C12H15FN2O4. The molecule has 2 N–H and O–H groups in total. The quantitative estimate of drug-likeness (QED) is 0.612. The number of carboxylic acids is 1. The SMILES string of the molecule is CCC(CC)(Nc1ccc(F)cc1[N+](=O)[O-])C(=O)O. The highest BCUT2D eigenvalue weighted by molar-refractivity contribution is 5.84. The normalized spacial score (nSPS) is 11.1. The van der Waals surface area contributed by atoms with Gasteiger partial charge in [-0.2, -0.15) is 0 Å². The van der Waals surface area contributed by atoms with Crippen molar-refractivity contribution < 1.29 is 19.2 Å². The first-order valence-corrected chi connectivity index (χ1v) is 5.81. The maximum atomic E-state index is 13.0. The number of nitro groups is 1. The highest BCUT2D eigenvalue weighted by Gasteiger charge is 2.36. The van der Waals surface area contributed by atoms with Crippen LogP contribution in [-0.4, -0.2) is 21.5 Å². The van der Waals surface area contributed by atoms with Crippen molar-refractivity contribution in [3.63, 3.8) is 0 Å². The summed E-state index contributed by atoms with van der Waals surface area (Å²) in [5.41, 5.74) is -1.78. The van der Waals surface area contributed by atoms with Crippen molar-refractivity contribution in [2.45, 2.75) is 32.2 Å². The second kappa shape index (κ2) is 5.64. The van der Waals surface area contributed by atoms with Crippen molar-refractivity contribution in [3.8, 4) is 0 Å². The lowest BCUT2D eigenvalue weighted by Crippen LogP contribution is -2.45. The molecule has 7 heteroatoms. The standard InChI is InChI=1S/C12H15FN2O4/c1-3-12(4-2,11(16)17)14-9-6-5-8(13)7-10(9)15(18)19/h5-7,14H,3-4H2,1-2H3,(H,16,17). The van der Waals surface area contributed by atoms with Gasteiger partial charge in [0.05, 0.1) is 11.0 Å². The number of nitro benzene ring substituents is 1. The van der Waals surface area contributed by atoms with Crippen LogP contribution in [0, 0.1) is 15.9 Å². The summed E-state index contributed by atoms with van der Waals surface area (Å²) in [5.74, 6) is -1.85. The van der Waals surface area contributed by atoms with Crippen molar-refractivity contribution in [3.05, 3.63) is 34.1 Å². The highest BCUT2D eigenvalue weighted by atomic mass is 19.1. The van der Waals surface area contributed by atoms with Gasteiger partial charge >= 0.3 is 5.97 Å². The topological polar surface area (TPSA) is 92.5 Å². The van der Waals surface area contributed by atoms with Gasteiger partial charge in [-0.3, -0.25) is 10.1 Å². The van der Waals surface area contributed by atoms with Crippen LogP contribution in [0.5, 0.6) is 0 Å². The molecule has 0 unspecified atom stereocenters. The molecule has 0 radical (unpaired) electrons. The first-order valence-electron chi connectivity index (χ1n) is 5.81. The van der Waals surface area contributed by atoms with Gasteiger partial charge in [-0.1, -0.05) is 13.8 Å². The summed E-state index contributed by atoms with van der Waals surface area (Å²) in [7, 11) is 0. The minimum absolute atomic E-state index is 0.00231. The number of benzene rings is 1. The van der Waals surface area contributed by atoms with Crippen molar-refractivity contribution in [2.24, 2.45) is 0 Å². The van der Waals surface area contributed by atoms with Crippen LogP contribution < -0.4 is 5.32 Å². The molecule has 6 nitrogen and oxygen atoms in total. The molecule has 0 atom stereocenters. The molecular weight excluding hydrogens is 255 g/mol. The zero-order valence-corrected chi connectivity index (χ0v) is 10.6. The van der Waals surface area contributed by atoms with Crippen molar-refractivity contribution >= 4 is 17.3 Å². The fraction of sp³-hybridized carbons (Fsp3) is 0.417. The Labute approximate surface area is 109 Å². The van der Waals surface area contributed by atoms with E-state index in [2.05, 4.69) is 5.32 Å². The Morgan fingerprint density at radius 3 is 2.47 bits per heavy atom. The van der Waals surface area contributed by atoms with E-state index < -0.39 is 27.9 Å². The van der Waals surface area contributed by atoms with Crippen LogP contribution in [0.1, 0.15) is 26.7 Å². The molecule has 104 valence electrons. The first-order chi connectivity index (χ1) is 8.86. The molecule has 0 saturated heterocycles. The molecule has 1 aromatic carbocycles. The molecule has 0 aliphatic heterocycles. The van der Waals surface area contributed by atoms with Crippen molar-refractivity contribution in [1.82, 2.24) is 0 Å². The van der Waals surface area contributed by atoms with Gasteiger partial charge in [0, 0.05) is 0 Å². The minimum Gasteiger partial charge on any atom is -0.480 e. The Morgan fingerprint density at radius 2 is 2.05 bits per heavy atom. The molecule has 0 amide bonds. The van der Waals surface area contributed by atoms with E-state index in [9.17, 15) is 24.4 Å². The Balaban J connectivity index is 3.24. The summed E-state index contributed by atoms with van der Waals surface area (Å²) in [6.45, 7) is 3.33. The third kappa shape index (κ3) is 2.98. The molecule has 19 heavy (non-hydrogen) atoms. The van der Waals surface area contributed by atoms with Crippen LogP contribution in [0.15, 0.2) is 18.2 Å². The van der Waals surface area contributed by atoms with Crippen LogP contribution in [0.25, 0.3) is 0 Å². The van der Waals surface area contributed by atoms with Crippen molar-refractivity contribution in [1.29, 1.82) is 0 Å². The minimum atomic E-state index is -1.30. The van der Waals surface area contributed by atoms with E-state index in [4.69, 9.17) is 0 Å². The molecule has 0 heterocycles. The third-order valence-corrected chi connectivity index (χ3v) is 3.15. The smallest absolute Gasteiger partial charge is 0.329 e. The molecule has 0 fully saturated rings. The average Bonchev–Trinajstić information content (AvgIpc) is 2.37. The van der Waals surface area contributed by atoms with Crippen LogP contribution in [0.3, 0.4) is 0 Å². The second-order valence-electron chi connectivity index (χ2n) is 4.14. The van der Waals surface area contributed by atoms with Gasteiger partial charge in [0.2, 0.25) is 0 Å². The van der Waals surface area contributed by atoms with Crippen LogP contribution in [0.2, 0.25) is 0 Å². The van der Waals surface area contributed by atoms with Crippen LogP contribution in [0.4, 0.5) is 15.8 Å². The molecule has 0 aliphatic carbocycles. The summed E-state index contributed by atoms with van der Waals surface area (Å²) in [6, 6.07) is 2.99. The summed E-state index contributed by atoms with van der Waals surface area (Å²) in [6.07, 6.45) is 0.487. The number of rotatable bonds is 6. The van der Waals surface area contributed by atoms with E-state index in [1.807, 2.05) is 0 Å². The maximum absolute atomic E-state index is 13.0. The zero-order valence-electron chi connectivity index (χ0n) is 10.6. The second-order valence-corrected chi connectivity index (χ2v) is 4.14. The molecule has 0 saturated carbocycles. The van der Waals surface area contributed by atoms with Gasteiger partial charge in [0.15, 0.2) is 0 Å². The number of nitrogens with zero attached hydrogens (tertiary/aromatic N) is 1. The fourth-order valence-corrected chi connectivity index (χ4v) is 1.80. The van der Waals surface area contributed by atoms with E-state index in [1.54, 1.807) is 13.8 Å². The van der Waals surface area contributed by atoms with Gasteiger partial charge in [0.25, 0.3) is 5.69 Å². The Bertz CT molecular complexity index is 501. The van der Waals surface area contributed by atoms with E-state index in [0.717, 1.165) is 12.1 Å². The summed E-state index contributed by atoms with van der Waals surface area (Å²) in [5, 5.41) is 22.8. The fourth-order valence-electron chi connectivity index (χ4n) is 1.80. The summed E-state index contributed by atoms with van der Waals surface area (Å²) < 4.78 is 13.0. The van der Waals surface area contributed by atoms with E-state index >= 15 is 0 Å². The molecule has 0 bridgehead atoms. The number of hydrogen-bond donors (Lipinski definition) is 2. The number of halogens is 1.